The molecule has 0 aromatic rings. The maximum absolute atomic E-state index is 12.0. The lowest BCUT2D eigenvalue weighted by molar-refractivity contribution is -0.147. The summed E-state index contributed by atoms with van der Waals surface area (Å²) in [5, 5.41) is 0. The van der Waals surface area contributed by atoms with Gasteiger partial charge in [0.2, 0.25) is 0 Å². The summed E-state index contributed by atoms with van der Waals surface area (Å²) >= 11 is 0. The molecule has 0 aliphatic heterocycles. The Hall–Kier alpha value is -0.530. The van der Waals surface area contributed by atoms with Gasteiger partial charge in [0.25, 0.3) is 0 Å². The Labute approximate surface area is 124 Å². The van der Waals surface area contributed by atoms with Crippen molar-refractivity contribution in [3.63, 3.8) is 0 Å². The van der Waals surface area contributed by atoms with Gasteiger partial charge in [0.15, 0.2) is 0 Å². The summed E-state index contributed by atoms with van der Waals surface area (Å²) in [6.45, 7) is 11.9. The van der Waals surface area contributed by atoms with Crippen molar-refractivity contribution < 1.29 is 9.53 Å². The van der Waals surface area contributed by atoms with Gasteiger partial charge >= 0.3 is 5.97 Å². The summed E-state index contributed by atoms with van der Waals surface area (Å²) in [6.07, 6.45) is 5.79. The van der Waals surface area contributed by atoms with Gasteiger partial charge in [-0.3, -0.25) is 4.79 Å². The highest BCUT2D eigenvalue weighted by Gasteiger charge is 2.45. The van der Waals surface area contributed by atoms with Crippen LogP contribution in [-0.2, 0) is 9.53 Å². The second-order valence-electron chi connectivity index (χ2n) is 8.61. The van der Waals surface area contributed by atoms with E-state index in [2.05, 4.69) is 34.6 Å². The van der Waals surface area contributed by atoms with Crippen LogP contribution in [0.5, 0.6) is 0 Å². The van der Waals surface area contributed by atoms with Crippen LogP contribution in [0.15, 0.2) is 0 Å². The van der Waals surface area contributed by atoms with Crippen molar-refractivity contribution in [1.82, 2.24) is 0 Å². The summed E-state index contributed by atoms with van der Waals surface area (Å²) in [4.78, 5) is 12.0. The molecule has 0 aromatic heterocycles. The highest BCUT2D eigenvalue weighted by Crippen LogP contribution is 2.52. The molecule has 2 fully saturated rings. The first-order valence-electron chi connectivity index (χ1n) is 8.42. The fraction of sp³-hybridized carbons (Fsp3) is 0.944. The molecule has 2 aliphatic carbocycles. The second kappa shape index (κ2) is 6.07. The molecule has 2 heteroatoms. The van der Waals surface area contributed by atoms with E-state index in [1.54, 1.807) is 0 Å². The van der Waals surface area contributed by atoms with Crippen molar-refractivity contribution in [3.05, 3.63) is 0 Å². The van der Waals surface area contributed by atoms with Crippen LogP contribution in [0.2, 0.25) is 0 Å². The summed E-state index contributed by atoms with van der Waals surface area (Å²) < 4.78 is 5.60. The minimum atomic E-state index is 0.0109. The van der Waals surface area contributed by atoms with Gasteiger partial charge in [-0.05, 0) is 60.7 Å². The van der Waals surface area contributed by atoms with E-state index in [-0.39, 0.29) is 5.97 Å². The molecular weight excluding hydrogens is 248 g/mol. The summed E-state index contributed by atoms with van der Waals surface area (Å²) in [5.41, 5.74) is 0.290. The number of esters is 1. The monoisotopic (exact) mass is 280 g/mol. The van der Waals surface area contributed by atoms with Crippen LogP contribution in [0.4, 0.5) is 0 Å². The average molecular weight is 280 g/mol. The van der Waals surface area contributed by atoms with Crippen LogP contribution in [0.25, 0.3) is 0 Å². The highest BCUT2D eigenvalue weighted by atomic mass is 16.5. The van der Waals surface area contributed by atoms with Crippen molar-refractivity contribution in [2.24, 2.45) is 35.0 Å². The first-order chi connectivity index (χ1) is 9.26. The maximum atomic E-state index is 12.0. The van der Waals surface area contributed by atoms with Gasteiger partial charge in [0.1, 0.15) is 0 Å². The number of hydrogen-bond donors (Lipinski definition) is 0. The number of ether oxygens (including phenoxy) is 1. The Morgan fingerprint density at radius 1 is 1.25 bits per heavy atom. The Morgan fingerprint density at radius 2 is 1.90 bits per heavy atom. The van der Waals surface area contributed by atoms with Gasteiger partial charge in [0, 0.05) is 6.42 Å². The topological polar surface area (TPSA) is 26.3 Å². The Morgan fingerprint density at radius 3 is 2.45 bits per heavy atom. The predicted octanol–water partition coefficient (Wildman–Crippen LogP) is 4.67. The summed E-state index contributed by atoms with van der Waals surface area (Å²) in [6, 6.07) is 0. The quantitative estimate of drug-likeness (QED) is 0.684. The first-order valence-corrected chi connectivity index (χ1v) is 8.42. The van der Waals surface area contributed by atoms with E-state index in [1.165, 1.54) is 19.3 Å². The molecule has 0 saturated heterocycles. The third kappa shape index (κ3) is 3.99. The van der Waals surface area contributed by atoms with Crippen LogP contribution < -0.4 is 0 Å². The predicted molar refractivity (Wildman–Crippen MR) is 82.3 cm³/mol. The normalized spacial score (nSPS) is 34.2. The third-order valence-electron chi connectivity index (χ3n) is 5.45. The third-order valence-corrected chi connectivity index (χ3v) is 5.45. The second-order valence-corrected chi connectivity index (χ2v) is 8.61. The molecule has 2 aliphatic rings. The molecule has 5 atom stereocenters. The number of carbonyl (C=O) groups excluding carboxylic acids is 1. The SMILES string of the molecule is CC(CC(=O)OCC1C2CCC(C2)C1C)CC(C)(C)C. The van der Waals surface area contributed by atoms with Crippen molar-refractivity contribution in [2.75, 3.05) is 6.61 Å². The highest BCUT2D eigenvalue weighted by molar-refractivity contribution is 5.69. The number of hydrogen-bond acceptors (Lipinski definition) is 2. The lowest BCUT2D eigenvalue weighted by Gasteiger charge is -2.28. The molecule has 2 rings (SSSR count). The van der Waals surface area contributed by atoms with E-state index in [9.17, 15) is 4.79 Å². The molecule has 5 unspecified atom stereocenters. The number of fused-ring (bicyclic) bond motifs is 2. The van der Waals surface area contributed by atoms with Gasteiger partial charge in [-0.1, -0.05) is 34.6 Å². The van der Waals surface area contributed by atoms with Crippen molar-refractivity contribution in [2.45, 2.75) is 66.7 Å². The molecule has 20 heavy (non-hydrogen) atoms. The van der Waals surface area contributed by atoms with Crippen LogP contribution in [0, 0.1) is 35.0 Å². The van der Waals surface area contributed by atoms with Crippen LogP contribution >= 0.6 is 0 Å². The lowest BCUT2D eigenvalue weighted by Crippen LogP contribution is -2.26. The van der Waals surface area contributed by atoms with E-state index in [0.717, 1.165) is 24.2 Å². The van der Waals surface area contributed by atoms with Crippen LogP contribution in [0.3, 0.4) is 0 Å². The van der Waals surface area contributed by atoms with Gasteiger partial charge in [-0.2, -0.15) is 0 Å². The van der Waals surface area contributed by atoms with E-state index < -0.39 is 0 Å². The Kier molecular flexibility index (Phi) is 4.81. The molecule has 0 heterocycles. The molecule has 116 valence electrons. The average Bonchev–Trinajstić information content (AvgIpc) is 2.84. The lowest BCUT2D eigenvalue weighted by atomic mass is 9.81. The number of rotatable bonds is 5. The molecule has 0 amide bonds. The molecular formula is C18H32O2. The zero-order valence-corrected chi connectivity index (χ0v) is 13.9. The van der Waals surface area contributed by atoms with E-state index in [4.69, 9.17) is 4.74 Å². The molecule has 2 bridgehead atoms. The largest absolute Gasteiger partial charge is 0.465 e. The zero-order chi connectivity index (χ0) is 14.9. The zero-order valence-electron chi connectivity index (χ0n) is 13.9. The van der Waals surface area contributed by atoms with E-state index in [1.807, 2.05) is 0 Å². The molecule has 0 aromatic carbocycles. The molecule has 0 spiro atoms. The summed E-state index contributed by atoms with van der Waals surface area (Å²) in [7, 11) is 0. The van der Waals surface area contributed by atoms with Crippen molar-refractivity contribution in [3.8, 4) is 0 Å². The number of carbonyl (C=O) groups is 1. The minimum Gasteiger partial charge on any atom is -0.465 e. The van der Waals surface area contributed by atoms with Crippen molar-refractivity contribution in [1.29, 1.82) is 0 Å². The molecule has 2 saturated carbocycles. The molecule has 2 nitrogen and oxygen atoms in total. The van der Waals surface area contributed by atoms with Gasteiger partial charge in [0.05, 0.1) is 6.61 Å². The van der Waals surface area contributed by atoms with Crippen LogP contribution in [0.1, 0.15) is 66.7 Å². The Bertz CT molecular complexity index is 340. The van der Waals surface area contributed by atoms with Crippen LogP contribution in [-0.4, -0.2) is 12.6 Å². The van der Waals surface area contributed by atoms with Crippen molar-refractivity contribution >= 4 is 5.97 Å². The van der Waals surface area contributed by atoms with Gasteiger partial charge in [-0.15, -0.1) is 0 Å². The minimum absolute atomic E-state index is 0.0109. The first kappa shape index (κ1) is 15.9. The summed E-state index contributed by atoms with van der Waals surface area (Å²) in [5.74, 6) is 3.55. The fourth-order valence-corrected chi connectivity index (χ4v) is 4.64. The molecule has 0 radical (unpaired) electrons. The smallest absolute Gasteiger partial charge is 0.306 e. The van der Waals surface area contributed by atoms with Gasteiger partial charge in [-0.25, -0.2) is 0 Å². The van der Waals surface area contributed by atoms with E-state index in [0.29, 0.717) is 30.3 Å². The molecule has 0 N–H and O–H groups in total. The maximum Gasteiger partial charge on any atom is 0.306 e. The van der Waals surface area contributed by atoms with E-state index >= 15 is 0 Å². The fourth-order valence-electron chi connectivity index (χ4n) is 4.64. The van der Waals surface area contributed by atoms with Gasteiger partial charge < -0.3 is 4.74 Å². The Balaban J connectivity index is 1.70. The standard InChI is InChI=1S/C18H32O2/c1-12(10-18(3,4)5)8-17(19)20-11-16-13(2)14-6-7-15(16)9-14/h12-16H,6-11H2,1-5H3.